The average molecular weight is 574 g/mol. The fourth-order valence-corrected chi connectivity index (χ4v) is 6.62. The monoisotopic (exact) mass is 573 g/mol. The van der Waals surface area contributed by atoms with Gasteiger partial charge in [0.1, 0.15) is 28.7 Å². The second-order valence-corrected chi connectivity index (χ2v) is 12.4. The Labute approximate surface area is 238 Å². The summed E-state index contributed by atoms with van der Waals surface area (Å²) in [5, 5.41) is 44.8. The third-order valence-corrected chi connectivity index (χ3v) is 8.83. The Balaban J connectivity index is 1.84. The largest absolute Gasteiger partial charge is 0.508 e. The standard InChI is InChI=1S/C30H40FN3O7/c1-13(2)7-8-34(14(3)4)12-16-11-19(35)21-17(23(16)31)9-15-10-18-24(33(5)6)26(37)22(29(32)40)28(39)30(18,41)27(38)20(15)25(21)36/h11,13-15,18,24,35-36,39,41H,7-10,12H2,1-6H3,(H2,32,40)/t15-,18-,24-,30-/m0/s1. The van der Waals surface area contributed by atoms with E-state index in [-0.39, 0.29) is 47.7 Å². The molecule has 1 aromatic rings. The quantitative estimate of drug-likeness (QED) is 0.294. The lowest BCUT2D eigenvalue weighted by Gasteiger charge is -2.50. The highest BCUT2D eigenvalue weighted by Crippen LogP contribution is 2.53. The first kappa shape index (κ1) is 30.7. The number of nitrogens with two attached hydrogens (primary N) is 1. The molecule has 0 aromatic heterocycles. The maximum absolute atomic E-state index is 16.1. The molecule has 0 aliphatic heterocycles. The van der Waals surface area contributed by atoms with Crippen molar-refractivity contribution in [1.82, 2.24) is 9.80 Å². The van der Waals surface area contributed by atoms with Gasteiger partial charge in [-0.05, 0) is 71.7 Å². The lowest BCUT2D eigenvalue weighted by atomic mass is 9.57. The van der Waals surface area contributed by atoms with E-state index in [0.29, 0.717) is 5.92 Å². The van der Waals surface area contributed by atoms with Crippen molar-refractivity contribution in [2.45, 2.75) is 71.2 Å². The Bertz CT molecular complexity index is 1370. The highest BCUT2D eigenvalue weighted by Gasteiger charge is 2.64. The number of aliphatic hydroxyl groups excluding tert-OH is 2. The summed E-state index contributed by atoms with van der Waals surface area (Å²) in [4.78, 5) is 42.7. The minimum Gasteiger partial charge on any atom is -0.508 e. The van der Waals surface area contributed by atoms with Gasteiger partial charge in [0, 0.05) is 35.2 Å². The first-order valence-corrected chi connectivity index (χ1v) is 14.0. The van der Waals surface area contributed by atoms with Crippen molar-refractivity contribution in [2.24, 2.45) is 23.5 Å². The summed E-state index contributed by atoms with van der Waals surface area (Å²) in [6, 6.07) is 0.153. The number of likely N-dealkylation sites (N-methyl/N-ethyl adjacent to an activating group) is 1. The van der Waals surface area contributed by atoms with Gasteiger partial charge in [-0.25, -0.2) is 4.39 Å². The maximum Gasteiger partial charge on any atom is 0.255 e. The number of aromatic hydroxyl groups is 1. The molecule has 0 bridgehead atoms. The fraction of sp³-hybridized carbons (Fsp3) is 0.567. The van der Waals surface area contributed by atoms with Crippen molar-refractivity contribution in [2.75, 3.05) is 20.6 Å². The van der Waals surface area contributed by atoms with Gasteiger partial charge in [-0.2, -0.15) is 0 Å². The minimum atomic E-state index is -2.73. The van der Waals surface area contributed by atoms with E-state index in [9.17, 15) is 34.8 Å². The number of rotatable bonds is 8. The molecular formula is C30H40FN3O7. The van der Waals surface area contributed by atoms with Gasteiger partial charge in [-0.1, -0.05) is 13.8 Å². The molecule has 6 N–H and O–H groups in total. The van der Waals surface area contributed by atoms with E-state index in [1.54, 1.807) is 0 Å². The molecule has 1 amide bonds. The maximum atomic E-state index is 16.1. The SMILES string of the molecule is CC(C)CCN(Cc1cc(O)c2c(c1F)C[C@H]1C[C@H]3[C@H](N(C)C)C(=O)C(C(N)=O)=C(O)[C@@]3(O)C(=O)C1=C2O)C(C)C. The molecule has 0 heterocycles. The molecule has 1 saturated carbocycles. The van der Waals surface area contributed by atoms with Crippen LogP contribution in [0.5, 0.6) is 5.75 Å². The highest BCUT2D eigenvalue weighted by atomic mass is 19.1. The summed E-state index contributed by atoms with van der Waals surface area (Å²) in [6.07, 6.45) is 0.723. The van der Waals surface area contributed by atoms with Crippen LogP contribution in [0.25, 0.3) is 5.76 Å². The minimum absolute atomic E-state index is 0.0400. The molecule has 0 spiro atoms. The van der Waals surface area contributed by atoms with Crippen molar-refractivity contribution in [3.05, 3.63) is 45.5 Å². The summed E-state index contributed by atoms with van der Waals surface area (Å²) in [6.45, 7) is 9.18. The smallest absolute Gasteiger partial charge is 0.255 e. The topological polar surface area (TPSA) is 165 Å². The van der Waals surface area contributed by atoms with Crippen LogP contribution in [0.15, 0.2) is 23.0 Å². The average Bonchev–Trinajstić information content (AvgIpc) is 2.85. The van der Waals surface area contributed by atoms with Crippen molar-refractivity contribution in [3.8, 4) is 5.75 Å². The second-order valence-electron chi connectivity index (χ2n) is 12.4. The predicted octanol–water partition coefficient (Wildman–Crippen LogP) is 2.36. The number of hydrogen-bond donors (Lipinski definition) is 5. The summed E-state index contributed by atoms with van der Waals surface area (Å²) < 4.78 is 16.1. The van der Waals surface area contributed by atoms with Crippen molar-refractivity contribution in [3.63, 3.8) is 0 Å². The van der Waals surface area contributed by atoms with E-state index in [1.165, 1.54) is 25.1 Å². The third-order valence-electron chi connectivity index (χ3n) is 8.83. The van der Waals surface area contributed by atoms with E-state index < -0.39 is 69.6 Å². The molecule has 11 heteroatoms. The van der Waals surface area contributed by atoms with Gasteiger partial charge in [0.2, 0.25) is 5.78 Å². The van der Waals surface area contributed by atoms with Gasteiger partial charge in [-0.15, -0.1) is 0 Å². The molecular weight excluding hydrogens is 533 g/mol. The number of primary amides is 1. The number of benzene rings is 1. The molecule has 41 heavy (non-hydrogen) atoms. The highest BCUT2D eigenvalue weighted by molar-refractivity contribution is 6.24. The molecule has 4 rings (SSSR count). The van der Waals surface area contributed by atoms with Crippen LogP contribution < -0.4 is 5.73 Å². The van der Waals surface area contributed by atoms with E-state index in [0.717, 1.165) is 13.0 Å². The molecule has 3 aliphatic carbocycles. The van der Waals surface area contributed by atoms with Gasteiger partial charge >= 0.3 is 0 Å². The van der Waals surface area contributed by atoms with Crippen LogP contribution in [-0.2, 0) is 27.3 Å². The number of carbonyl (C=O) groups excluding carboxylic acids is 3. The number of phenols is 1. The number of nitrogens with zero attached hydrogens (tertiary/aromatic N) is 2. The summed E-state index contributed by atoms with van der Waals surface area (Å²) in [5.41, 5.74) is 1.47. The second kappa shape index (κ2) is 10.8. The van der Waals surface area contributed by atoms with Crippen LogP contribution in [0.2, 0.25) is 0 Å². The number of aliphatic hydroxyl groups is 3. The fourth-order valence-electron chi connectivity index (χ4n) is 6.62. The zero-order valence-electron chi connectivity index (χ0n) is 24.4. The summed E-state index contributed by atoms with van der Waals surface area (Å²) >= 11 is 0. The molecule has 1 aromatic carbocycles. The van der Waals surface area contributed by atoms with Crippen molar-refractivity contribution >= 4 is 23.2 Å². The molecule has 3 aliphatic rings. The van der Waals surface area contributed by atoms with E-state index in [1.807, 2.05) is 13.8 Å². The number of Topliss-reactive ketones (excluding diaryl/α,β-unsaturated/α-hetero) is 2. The Kier molecular flexibility index (Phi) is 8.12. The number of fused-ring (bicyclic) bond motifs is 3. The lowest BCUT2D eigenvalue weighted by Crippen LogP contribution is -2.65. The molecule has 0 saturated heterocycles. The van der Waals surface area contributed by atoms with Crippen molar-refractivity contribution in [1.29, 1.82) is 0 Å². The number of halogens is 1. The molecule has 224 valence electrons. The van der Waals surface area contributed by atoms with Crippen LogP contribution in [0.4, 0.5) is 4.39 Å². The van der Waals surface area contributed by atoms with E-state index in [4.69, 9.17) is 5.73 Å². The number of ketones is 2. The van der Waals surface area contributed by atoms with Crippen LogP contribution in [0.3, 0.4) is 0 Å². The van der Waals surface area contributed by atoms with Crippen molar-refractivity contribution < 1.29 is 39.2 Å². The van der Waals surface area contributed by atoms with Crippen LogP contribution in [0, 0.1) is 23.6 Å². The first-order chi connectivity index (χ1) is 19.0. The Morgan fingerprint density at radius 3 is 2.34 bits per heavy atom. The van der Waals surface area contributed by atoms with Gasteiger partial charge in [0.15, 0.2) is 11.4 Å². The number of carbonyl (C=O) groups is 3. The van der Waals surface area contributed by atoms with Gasteiger partial charge in [-0.3, -0.25) is 24.2 Å². The summed E-state index contributed by atoms with van der Waals surface area (Å²) in [7, 11) is 3.05. The first-order valence-electron chi connectivity index (χ1n) is 14.0. The Hall–Kier alpha value is -3.28. The zero-order chi connectivity index (χ0) is 30.7. The van der Waals surface area contributed by atoms with E-state index in [2.05, 4.69) is 18.7 Å². The third kappa shape index (κ3) is 4.83. The van der Waals surface area contributed by atoms with Gasteiger partial charge in [0.25, 0.3) is 5.91 Å². The van der Waals surface area contributed by atoms with E-state index >= 15 is 4.39 Å². The predicted molar refractivity (Wildman–Crippen MR) is 149 cm³/mol. The Morgan fingerprint density at radius 2 is 1.80 bits per heavy atom. The van der Waals surface area contributed by atoms with Crippen LogP contribution in [-0.4, -0.2) is 86.0 Å². The molecule has 1 fully saturated rings. The lowest BCUT2D eigenvalue weighted by molar-refractivity contribution is -0.153. The Morgan fingerprint density at radius 1 is 1.17 bits per heavy atom. The molecule has 4 atom stereocenters. The number of hydrogen-bond acceptors (Lipinski definition) is 9. The summed E-state index contributed by atoms with van der Waals surface area (Å²) in [5.74, 6) is -7.74. The molecule has 0 radical (unpaired) electrons. The molecule has 10 nitrogen and oxygen atoms in total. The van der Waals surface area contributed by atoms with Crippen LogP contribution in [0.1, 0.15) is 57.2 Å². The normalized spacial score (nSPS) is 26.3. The van der Waals surface area contributed by atoms with Gasteiger partial charge < -0.3 is 26.2 Å². The number of amides is 1. The zero-order valence-corrected chi connectivity index (χ0v) is 24.4. The molecule has 0 unspecified atom stereocenters. The van der Waals surface area contributed by atoms with Crippen LogP contribution >= 0.6 is 0 Å². The number of phenolic OH excluding ortho intramolecular Hbond substituents is 1. The van der Waals surface area contributed by atoms with Gasteiger partial charge in [0.05, 0.1) is 11.6 Å².